The predicted molar refractivity (Wildman–Crippen MR) is 84.5 cm³/mol. The molecule has 1 atom stereocenters. The quantitative estimate of drug-likeness (QED) is 0.900. The smallest absolute Gasteiger partial charge is 0.131 e. The molecule has 0 unspecified atom stereocenters. The maximum absolute atomic E-state index is 14.3. The van der Waals surface area contributed by atoms with Crippen LogP contribution in [0.15, 0.2) is 18.2 Å². The molecule has 1 aromatic rings. The Hall–Kier alpha value is -0.840. The van der Waals surface area contributed by atoms with Gasteiger partial charge >= 0.3 is 0 Å². The topological polar surface area (TPSA) is 35.5 Å². The molecule has 3 nitrogen and oxygen atoms in total. The van der Waals surface area contributed by atoms with Crippen molar-refractivity contribution in [2.24, 2.45) is 5.92 Å². The standard InChI is InChI=1S/C16H23FN2O.ClH/c17-15-11-13(20)5-6-14(15)16(12-3-1-2-4-12)19-9-7-18-8-10-19;/h5-6,11-12,16,18,20H,1-4,7-10H2;1H/t16-;/m1./s1. The molecular formula is C16H24ClFN2O. The molecule has 2 N–H and O–H groups in total. The summed E-state index contributed by atoms with van der Waals surface area (Å²) in [5, 5.41) is 12.8. The van der Waals surface area contributed by atoms with Crippen LogP contribution in [0.1, 0.15) is 37.3 Å². The van der Waals surface area contributed by atoms with Gasteiger partial charge in [-0.25, -0.2) is 4.39 Å². The Morgan fingerprint density at radius 2 is 1.86 bits per heavy atom. The van der Waals surface area contributed by atoms with Crippen molar-refractivity contribution in [3.05, 3.63) is 29.6 Å². The Morgan fingerprint density at radius 3 is 2.48 bits per heavy atom. The Morgan fingerprint density at radius 1 is 1.19 bits per heavy atom. The van der Waals surface area contributed by atoms with Gasteiger partial charge in [0.05, 0.1) is 0 Å². The van der Waals surface area contributed by atoms with E-state index in [2.05, 4.69) is 10.2 Å². The van der Waals surface area contributed by atoms with Gasteiger partial charge in [-0.3, -0.25) is 4.90 Å². The minimum Gasteiger partial charge on any atom is -0.508 e. The zero-order valence-corrected chi connectivity index (χ0v) is 13.0. The lowest BCUT2D eigenvalue weighted by Crippen LogP contribution is -2.46. The summed E-state index contributed by atoms with van der Waals surface area (Å²) >= 11 is 0. The molecule has 21 heavy (non-hydrogen) atoms. The van der Waals surface area contributed by atoms with Crippen LogP contribution in [0.3, 0.4) is 0 Å². The van der Waals surface area contributed by atoms with E-state index in [1.54, 1.807) is 12.1 Å². The maximum atomic E-state index is 14.3. The van der Waals surface area contributed by atoms with Gasteiger partial charge in [0.25, 0.3) is 0 Å². The Kier molecular flexibility index (Phi) is 5.85. The van der Waals surface area contributed by atoms with Crippen LogP contribution in [-0.2, 0) is 0 Å². The van der Waals surface area contributed by atoms with E-state index in [1.165, 1.54) is 31.7 Å². The Labute approximate surface area is 131 Å². The average Bonchev–Trinajstić information content (AvgIpc) is 2.97. The molecule has 1 saturated carbocycles. The molecule has 1 aromatic carbocycles. The van der Waals surface area contributed by atoms with Crippen LogP contribution in [0.5, 0.6) is 5.75 Å². The van der Waals surface area contributed by atoms with E-state index in [9.17, 15) is 9.50 Å². The van der Waals surface area contributed by atoms with Crippen LogP contribution in [0, 0.1) is 11.7 Å². The van der Waals surface area contributed by atoms with E-state index >= 15 is 0 Å². The second-order valence-electron chi connectivity index (χ2n) is 5.98. The predicted octanol–water partition coefficient (Wildman–Crippen LogP) is 3.09. The minimum atomic E-state index is -0.263. The number of rotatable bonds is 3. The molecule has 1 aliphatic heterocycles. The third kappa shape index (κ3) is 3.68. The summed E-state index contributed by atoms with van der Waals surface area (Å²) in [5.41, 5.74) is 0.761. The number of halogens is 2. The van der Waals surface area contributed by atoms with Crippen LogP contribution < -0.4 is 5.32 Å². The summed E-state index contributed by atoms with van der Waals surface area (Å²) in [4.78, 5) is 2.42. The van der Waals surface area contributed by atoms with E-state index in [1.807, 2.05) is 0 Å². The van der Waals surface area contributed by atoms with E-state index in [4.69, 9.17) is 0 Å². The molecule has 2 aliphatic rings. The third-order valence-corrected chi connectivity index (χ3v) is 4.69. The molecule has 3 rings (SSSR count). The molecule has 1 saturated heterocycles. The van der Waals surface area contributed by atoms with E-state index in [0.717, 1.165) is 31.7 Å². The van der Waals surface area contributed by atoms with Gasteiger partial charge in [0.1, 0.15) is 11.6 Å². The van der Waals surface area contributed by atoms with Gasteiger partial charge in [0.15, 0.2) is 0 Å². The van der Waals surface area contributed by atoms with E-state index in [-0.39, 0.29) is 30.0 Å². The van der Waals surface area contributed by atoms with Gasteiger partial charge < -0.3 is 10.4 Å². The molecule has 2 fully saturated rings. The van der Waals surface area contributed by atoms with Crippen molar-refractivity contribution in [1.29, 1.82) is 0 Å². The first-order valence-corrected chi connectivity index (χ1v) is 7.69. The van der Waals surface area contributed by atoms with Gasteiger partial charge in [-0.15, -0.1) is 12.4 Å². The molecule has 0 aromatic heterocycles. The monoisotopic (exact) mass is 314 g/mol. The highest BCUT2D eigenvalue weighted by molar-refractivity contribution is 5.85. The number of hydrogen-bond donors (Lipinski definition) is 2. The first-order valence-electron chi connectivity index (χ1n) is 7.69. The van der Waals surface area contributed by atoms with Crippen molar-refractivity contribution >= 4 is 12.4 Å². The fourth-order valence-corrected chi connectivity index (χ4v) is 3.74. The molecule has 5 heteroatoms. The summed E-state index contributed by atoms with van der Waals surface area (Å²) < 4.78 is 14.3. The van der Waals surface area contributed by atoms with Crippen LogP contribution in [0.2, 0.25) is 0 Å². The fourth-order valence-electron chi connectivity index (χ4n) is 3.74. The van der Waals surface area contributed by atoms with E-state index < -0.39 is 0 Å². The molecule has 0 spiro atoms. The highest BCUT2D eigenvalue weighted by Gasteiger charge is 2.33. The van der Waals surface area contributed by atoms with Crippen molar-refractivity contribution in [3.63, 3.8) is 0 Å². The second kappa shape index (κ2) is 7.43. The van der Waals surface area contributed by atoms with Crippen LogP contribution in [-0.4, -0.2) is 36.2 Å². The average molecular weight is 315 g/mol. The summed E-state index contributed by atoms with van der Waals surface area (Å²) in [6, 6.07) is 4.80. The number of aromatic hydroxyl groups is 1. The number of piperazine rings is 1. The number of benzene rings is 1. The van der Waals surface area contributed by atoms with Crippen LogP contribution in [0.4, 0.5) is 4.39 Å². The maximum Gasteiger partial charge on any atom is 0.131 e. The van der Waals surface area contributed by atoms with Crippen molar-refractivity contribution in [1.82, 2.24) is 10.2 Å². The third-order valence-electron chi connectivity index (χ3n) is 4.69. The molecular weight excluding hydrogens is 291 g/mol. The Balaban J connectivity index is 0.00000161. The fraction of sp³-hybridized carbons (Fsp3) is 0.625. The lowest BCUT2D eigenvalue weighted by molar-refractivity contribution is 0.122. The lowest BCUT2D eigenvalue weighted by atomic mass is 9.89. The van der Waals surface area contributed by atoms with Gasteiger partial charge in [-0.05, 0) is 24.8 Å². The summed E-state index contributed by atoms with van der Waals surface area (Å²) in [6.45, 7) is 3.90. The minimum absolute atomic E-state index is 0. The first kappa shape index (κ1) is 16.5. The van der Waals surface area contributed by atoms with Crippen molar-refractivity contribution in [2.75, 3.05) is 26.2 Å². The highest BCUT2D eigenvalue weighted by atomic mass is 35.5. The van der Waals surface area contributed by atoms with Gasteiger partial charge in [-0.2, -0.15) is 0 Å². The molecule has 0 amide bonds. The normalized spacial score (nSPS) is 22.0. The van der Waals surface area contributed by atoms with Crippen LogP contribution in [0.25, 0.3) is 0 Å². The number of phenols is 1. The summed E-state index contributed by atoms with van der Waals surface area (Å²) in [6.07, 6.45) is 4.89. The van der Waals surface area contributed by atoms with Gasteiger partial charge in [-0.1, -0.05) is 18.9 Å². The summed E-state index contributed by atoms with van der Waals surface area (Å²) in [5.74, 6) is 0.296. The zero-order chi connectivity index (χ0) is 13.9. The summed E-state index contributed by atoms with van der Waals surface area (Å²) in [7, 11) is 0. The number of nitrogens with one attached hydrogen (secondary N) is 1. The zero-order valence-electron chi connectivity index (χ0n) is 12.2. The largest absolute Gasteiger partial charge is 0.508 e. The van der Waals surface area contributed by atoms with Crippen LogP contribution >= 0.6 is 12.4 Å². The SMILES string of the molecule is Cl.Oc1ccc([C@@H](C2CCCC2)N2CCNCC2)c(F)c1. The van der Waals surface area contributed by atoms with E-state index in [0.29, 0.717) is 5.92 Å². The molecule has 0 radical (unpaired) electrons. The highest BCUT2D eigenvalue weighted by Crippen LogP contribution is 2.40. The lowest BCUT2D eigenvalue weighted by Gasteiger charge is -2.38. The first-order chi connectivity index (χ1) is 9.75. The van der Waals surface area contributed by atoms with Crippen molar-refractivity contribution < 1.29 is 9.50 Å². The molecule has 0 bridgehead atoms. The number of nitrogens with zero attached hydrogens (tertiary/aromatic N) is 1. The number of hydrogen-bond acceptors (Lipinski definition) is 3. The van der Waals surface area contributed by atoms with Crippen molar-refractivity contribution in [2.45, 2.75) is 31.7 Å². The molecule has 1 heterocycles. The van der Waals surface area contributed by atoms with Gasteiger partial charge in [0, 0.05) is 43.9 Å². The molecule has 118 valence electrons. The Bertz CT molecular complexity index is 460. The molecule has 1 aliphatic carbocycles. The van der Waals surface area contributed by atoms with Crippen molar-refractivity contribution in [3.8, 4) is 5.75 Å². The van der Waals surface area contributed by atoms with Gasteiger partial charge in [0.2, 0.25) is 0 Å². The second-order valence-corrected chi connectivity index (χ2v) is 5.98. The number of phenolic OH excluding ortho intramolecular Hbond substituents is 1.